The van der Waals surface area contributed by atoms with Crippen molar-refractivity contribution in [1.29, 1.82) is 5.41 Å². The highest BCUT2D eigenvalue weighted by Crippen LogP contribution is 2.52. The third-order valence-corrected chi connectivity index (χ3v) is 3.66. The van der Waals surface area contributed by atoms with Gasteiger partial charge < -0.3 is 21.1 Å². The standard InChI is InChI=1S/C12H21N3O4S/c13-6-9-16-20(17-10-7-14,18-11-8-15)19-12-4-2-1-3-5-12/h1-6,13H,7-11,14-15H2. The van der Waals surface area contributed by atoms with Crippen LogP contribution in [-0.2, 0) is 12.5 Å². The van der Waals surface area contributed by atoms with Crippen LogP contribution in [0.1, 0.15) is 0 Å². The SMILES string of the molecule is N=CCOS(OCCN)(OCCN)Oc1ccccc1. The molecule has 5 N–H and O–H groups in total. The summed E-state index contributed by atoms with van der Waals surface area (Å²) in [5.74, 6) is 0.543. The molecule has 0 atom stereocenters. The first-order valence-corrected chi connectivity index (χ1v) is 7.49. The van der Waals surface area contributed by atoms with Gasteiger partial charge in [0.05, 0.1) is 13.2 Å². The second kappa shape index (κ2) is 9.70. The summed E-state index contributed by atoms with van der Waals surface area (Å²) in [7, 11) is 0. The average Bonchev–Trinajstić information content (AvgIpc) is 2.49. The monoisotopic (exact) mass is 303 g/mol. The van der Waals surface area contributed by atoms with Crippen LogP contribution in [0, 0.1) is 5.41 Å². The molecule has 1 aromatic carbocycles. The second-order valence-corrected chi connectivity index (χ2v) is 5.20. The molecule has 0 aliphatic heterocycles. The number of hydrogen-bond donors (Lipinski definition) is 3. The van der Waals surface area contributed by atoms with Gasteiger partial charge in [0.25, 0.3) is 11.2 Å². The lowest BCUT2D eigenvalue weighted by atomic mass is 10.3. The lowest BCUT2D eigenvalue weighted by Crippen LogP contribution is -2.24. The molecule has 114 valence electrons. The second-order valence-electron chi connectivity index (χ2n) is 3.51. The van der Waals surface area contributed by atoms with Gasteiger partial charge in [-0.3, -0.25) is 12.5 Å². The third-order valence-electron chi connectivity index (χ3n) is 1.93. The summed E-state index contributed by atoms with van der Waals surface area (Å²) in [6, 6.07) is 9.02. The molecule has 1 aromatic rings. The first-order valence-electron chi connectivity index (χ1n) is 6.16. The summed E-state index contributed by atoms with van der Waals surface area (Å²) in [6.07, 6.45) is 1.09. The van der Waals surface area contributed by atoms with Gasteiger partial charge in [0.15, 0.2) is 0 Å². The summed E-state index contributed by atoms with van der Waals surface area (Å²) in [4.78, 5) is 0. The van der Waals surface area contributed by atoms with E-state index in [0.29, 0.717) is 18.8 Å². The Balaban J connectivity index is 2.83. The van der Waals surface area contributed by atoms with Gasteiger partial charge in [-0.05, 0) is 12.1 Å². The first-order chi connectivity index (χ1) is 9.76. The van der Waals surface area contributed by atoms with E-state index in [0.717, 1.165) is 6.21 Å². The molecular weight excluding hydrogens is 282 g/mol. The molecule has 8 heteroatoms. The highest BCUT2D eigenvalue weighted by molar-refractivity contribution is 8.17. The molecule has 1 rings (SSSR count). The minimum absolute atomic E-state index is 0.0112. The van der Waals surface area contributed by atoms with Crippen LogP contribution < -0.4 is 15.7 Å². The van der Waals surface area contributed by atoms with Crippen molar-refractivity contribution in [3.63, 3.8) is 0 Å². The van der Waals surface area contributed by atoms with Crippen molar-refractivity contribution in [2.24, 2.45) is 11.5 Å². The minimum atomic E-state index is -2.75. The Kier molecular flexibility index (Phi) is 8.19. The predicted molar refractivity (Wildman–Crippen MR) is 79.4 cm³/mol. The Bertz CT molecular complexity index is 372. The topological polar surface area (TPSA) is 113 Å². The Morgan fingerprint density at radius 1 is 1.00 bits per heavy atom. The van der Waals surface area contributed by atoms with Crippen LogP contribution in [0.2, 0.25) is 0 Å². The van der Waals surface area contributed by atoms with Crippen LogP contribution in [0.15, 0.2) is 30.3 Å². The molecule has 0 aliphatic rings. The van der Waals surface area contributed by atoms with Crippen molar-refractivity contribution < 1.29 is 16.7 Å². The Morgan fingerprint density at radius 3 is 2.10 bits per heavy atom. The summed E-state index contributed by atoms with van der Waals surface area (Å²) in [5, 5.41) is 7.06. The van der Waals surface area contributed by atoms with Crippen molar-refractivity contribution >= 4 is 17.4 Å². The summed E-state index contributed by atoms with van der Waals surface area (Å²) in [6.45, 7) is 1.03. The van der Waals surface area contributed by atoms with E-state index in [4.69, 9.17) is 33.6 Å². The number of hydrogen-bond acceptors (Lipinski definition) is 7. The van der Waals surface area contributed by atoms with E-state index in [9.17, 15) is 0 Å². The van der Waals surface area contributed by atoms with Gasteiger partial charge in [-0.2, -0.15) is 0 Å². The smallest absolute Gasteiger partial charge is 0.274 e. The maximum atomic E-state index is 7.06. The predicted octanol–water partition coefficient (Wildman–Crippen LogP) is 1.15. The molecule has 7 nitrogen and oxygen atoms in total. The number of nitrogens with one attached hydrogen (secondary N) is 1. The molecular formula is C12H21N3O4S. The molecule has 0 saturated heterocycles. The van der Waals surface area contributed by atoms with E-state index in [-0.39, 0.29) is 19.8 Å². The van der Waals surface area contributed by atoms with E-state index < -0.39 is 11.2 Å². The van der Waals surface area contributed by atoms with Crippen molar-refractivity contribution in [3.8, 4) is 5.75 Å². The summed E-state index contributed by atoms with van der Waals surface area (Å²) >= 11 is -2.75. The Labute approximate surface area is 120 Å². The van der Waals surface area contributed by atoms with Crippen molar-refractivity contribution in [3.05, 3.63) is 30.3 Å². The lowest BCUT2D eigenvalue weighted by Gasteiger charge is -2.35. The highest BCUT2D eigenvalue weighted by Gasteiger charge is 2.31. The summed E-state index contributed by atoms with van der Waals surface area (Å²) in [5.41, 5.74) is 10.9. The number of benzene rings is 1. The van der Waals surface area contributed by atoms with Crippen LogP contribution in [0.25, 0.3) is 0 Å². The zero-order valence-electron chi connectivity index (χ0n) is 11.2. The molecule has 0 radical (unpaired) electrons. The molecule has 0 unspecified atom stereocenters. The van der Waals surface area contributed by atoms with Crippen LogP contribution in [0.4, 0.5) is 0 Å². The largest absolute Gasteiger partial charge is 0.383 e. The fourth-order valence-corrected chi connectivity index (χ4v) is 2.72. The van der Waals surface area contributed by atoms with Gasteiger partial charge in [0.2, 0.25) is 0 Å². The molecule has 0 saturated carbocycles. The fourth-order valence-electron chi connectivity index (χ4n) is 1.19. The van der Waals surface area contributed by atoms with Gasteiger partial charge in [-0.1, -0.05) is 18.2 Å². The maximum Gasteiger partial charge on any atom is 0.274 e. The molecule has 0 bridgehead atoms. The van der Waals surface area contributed by atoms with Gasteiger partial charge in [-0.15, -0.1) is 0 Å². The normalized spacial score (nSPS) is 12.1. The molecule has 20 heavy (non-hydrogen) atoms. The quantitative estimate of drug-likeness (QED) is 0.528. The van der Waals surface area contributed by atoms with E-state index in [2.05, 4.69) is 0 Å². The van der Waals surface area contributed by atoms with Gasteiger partial charge in [-0.25, -0.2) is 0 Å². The zero-order valence-corrected chi connectivity index (χ0v) is 12.0. The molecule has 0 fully saturated rings. The first kappa shape index (κ1) is 16.9. The van der Waals surface area contributed by atoms with Crippen LogP contribution in [0.5, 0.6) is 5.75 Å². The Hall–Kier alpha value is -1.16. The zero-order chi connectivity index (χ0) is 14.7. The van der Waals surface area contributed by atoms with Crippen LogP contribution in [0.3, 0.4) is 0 Å². The number of rotatable bonds is 11. The van der Waals surface area contributed by atoms with Crippen LogP contribution in [-0.4, -0.2) is 39.1 Å². The maximum absolute atomic E-state index is 7.06. The average molecular weight is 303 g/mol. The highest BCUT2D eigenvalue weighted by atomic mass is 32.3. The third kappa shape index (κ3) is 5.87. The van der Waals surface area contributed by atoms with E-state index in [1.807, 2.05) is 18.2 Å². The van der Waals surface area contributed by atoms with Gasteiger partial charge >= 0.3 is 0 Å². The molecule has 0 aromatic heterocycles. The number of nitrogens with two attached hydrogens (primary N) is 2. The molecule has 0 aliphatic carbocycles. The molecule has 0 heterocycles. The summed E-state index contributed by atoms with van der Waals surface area (Å²) < 4.78 is 22.2. The van der Waals surface area contributed by atoms with Crippen LogP contribution >= 0.6 is 11.2 Å². The Morgan fingerprint density at radius 2 is 1.60 bits per heavy atom. The van der Waals surface area contributed by atoms with Crippen molar-refractivity contribution in [2.75, 3.05) is 32.9 Å². The molecule has 0 amide bonds. The van der Waals surface area contributed by atoms with Gasteiger partial charge in [0, 0.05) is 19.3 Å². The minimum Gasteiger partial charge on any atom is -0.383 e. The van der Waals surface area contributed by atoms with Crippen molar-refractivity contribution in [2.45, 2.75) is 0 Å². The van der Waals surface area contributed by atoms with E-state index in [1.165, 1.54) is 0 Å². The molecule has 0 spiro atoms. The lowest BCUT2D eigenvalue weighted by molar-refractivity contribution is 0.143. The number of para-hydroxylation sites is 1. The van der Waals surface area contributed by atoms with Crippen molar-refractivity contribution in [1.82, 2.24) is 0 Å². The van der Waals surface area contributed by atoms with E-state index >= 15 is 0 Å². The van der Waals surface area contributed by atoms with E-state index in [1.54, 1.807) is 12.1 Å². The van der Waals surface area contributed by atoms with Gasteiger partial charge in [0.1, 0.15) is 12.4 Å². The fraction of sp³-hybridized carbons (Fsp3) is 0.417.